The summed E-state index contributed by atoms with van der Waals surface area (Å²) in [6.45, 7) is 1.78. The van der Waals surface area contributed by atoms with E-state index in [4.69, 9.17) is 11.1 Å². The van der Waals surface area contributed by atoms with Crippen molar-refractivity contribution in [3.05, 3.63) is 29.6 Å². The Kier molecular flexibility index (Phi) is 2.51. The van der Waals surface area contributed by atoms with Gasteiger partial charge in [-0.05, 0) is 18.6 Å². The number of nitrogens with zero attached hydrogens (tertiary/aromatic N) is 1. The summed E-state index contributed by atoms with van der Waals surface area (Å²) in [6, 6.07) is 4.75. The first-order valence-corrected chi connectivity index (χ1v) is 3.87. The lowest BCUT2D eigenvalue weighted by molar-refractivity contribution is 0.627. The van der Waals surface area contributed by atoms with Gasteiger partial charge >= 0.3 is 0 Å². The molecule has 1 rings (SSSR count). The molecule has 13 heavy (non-hydrogen) atoms. The van der Waals surface area contributed by atoms with Gasteiger partial charge in [0.1, 0.15) is 5.82 Å². The van der Waals surface area contributed by atoms with Crippen LogP contribution in [0.2, 0.25) is 0 Å². The topological polar surface area (TPSA) is 53.1 Å². The molecule has 0 amide bonds. The molecule has 0 aliphatic heterocycles. The van der Waals surface area contributed by atoms with Gasteiger partial charge < -0.3 is 10.6 Å². The lowest BCUT2D eigenvalue weighted by Crippen LogP contribution is -2.33. The monoisotopic (exact) mass is 181 g/mol. The lowest BCUT2D eigenvalue weighted by Gasteiger charge is -2.19. The molecule has 70 valence electrons. The Bertz CT molecular complexity index is 315. The fourth-order valence-electron chi connectivity index (χ4n) is 1.17. The Balaban J connectivity index is 3.20. The molecule has 0 saturated carbocycles. The molecule has 0 atom stereocenters. The number of rotatable bonds is 1. The number of nitrogens with two attached hydrogens (primary N) is 1. The third kappa shape index (κ3) is 1.77. The SMILES string of the molecule is Cc1cccc(F)c1N(C)C(=N)N. The van der Waals surface area contributed by atoms with Crippen molar-refractivity contribution in [2.75, 3.05) is 11.9 Å². The van der Waals surface area contributed by atoms with Crippen molar-refractivity contribution >= 4 is 11.6 Å². The Morgan fingerprint density at radius 2 is 2.15 bits per heavy atom. The zero-order valence-electron chi connectivity index (χ0n) is 7.63. The number of hydrogen-bond acceptors (Lipinski definition) is 1. The summed E-state index contributed by atoms with van der Waals surface area (Å²) in [6.07, 6.45) is 0. The van der Waals surface area contributed by atoms with Gasteiger partial charge in [0.25, 0.3) is 0 Å². The van der Waals surface area contributed by atoms with E-state index in [2.05, 4.69) is 0 Å². The van der Waals surface area contributed by atoms with E-state index in [-0.39, 0.29) is 11.8 Å². The predicted molar refractivity (Wildman–Crippen MR) is 51.5 cm³/mol. The van der Waals surface area contributed by atoms with Crippen LogP contribution in [0.15, 0.2) is 18.2 Å². The van der Waals surface area contributed by atoms with Gasteiger partial charge in [0.15, 0.2) is 5.96 Å². The quantitative estimate of drug-likeness (QED) is 0.509. The standard InChI is InChI=1S/C9H12FN3/c1-6-4-3-5-7(10)8(6)13(2)9(11)12/h3-5H,1-2H3,(H3,11,12). The summed E-state index contributed by atoms with van der Waals surface area (Å²) in [4.78, 5) is 1.31. The van der Waals surface area contributed by atoms with Gasteiger partial charge in [-0.15, -0.1) is 0 Å². The van der Waals surface area contributed by atoms with Crippen LogP contribution in [0.4, 0.5) is 10.1 Å². The zero-order chi connectivity index (χ0) is 10.0. The first-order valence-electron chi connectivity index (χ1n) is 3.87. The normalized spacial score (nSPS) is 9.77. The summed E-state index contributed by atoms with van der Waals surface area (Å²) in [5.74, 6) is -0.536. The molecular weight excluding hydrogens is 169 g/mol. The largest absolute Gasteiger partial charge is 0.370 e. The van der Waals surface area contributed by atoms with Crippen LogP contribution >= 0.6 is 0 Å². The van der Waals surface area contributed by atoms with E-state index < -0.39 is 0 Å². The third-order valence-electron chi connectivity index (χ3n) is 1.89. The van der Waals surface area contributed by atoms with Crippen LogP contribution in [-0.2, 0) is 0 Å². The highest BCUT2D eigenvalue weighted by atomic mass is 19.1. The van der Waals surface area contributed by atoms with Crippen molar-refractivity contribution in [2.24, 2.45) is 5.73 Å². The molecule has 0 spiro atoms. The lowest BCUT2D eigenvalue weighted by atomic mass is 10.2. The van der Waals surface area contributed by atoms with Crippen LogP contribution in [0.1, 0.15) is 5.56 Å². The molecule has 0 radical (unpaired) electrons. The van der Waals surface area contributed by atoms with Crippen LogP contribution in [0.5, 0.6) is 0 Å². The number of para-hydroxylation sites is 1. The van der Waals surface area contributed by atoms with Gasteiger partial charge in [0.05, 0.1) is 5.69 Å². The van der Waals surface area contributed by atoms with Gasteiger partial charge in [0, 0.05) is 7.05 Å². The van der Waals surface area contributed by atoms with Crippen molar-refractivity contribution in [1.82, 2.24) is 0 Å². The second kappa shape index (κ2) is 3.43. The molecule has 4 heteroatoms. The summed E-state index contributed by atoms with van der Waals surface area (Å²) in [5.41, 5.74) is 6.37. The minimum absolute atomic E-state index is 0.173. The fraction of sp³-hybridized carbons (Fsp3) is 0.222. The highest BCUT2D eigenvalue weighted by Gasteiger charge is 2.11. The number of nitrogens with one attached hydrogen (secondary N) is 1. The summed E-state index contributed by atoms with van der Waals surface area (Å²) >= 11 is 0. The molecular formula is C9H12FN3. The summed E-state index contributed by atoms with van der Waals surface area (Å²) in [7, 11) is 1.56. The number of hydrogen-bond donors (Lipinski definition) is 2. The average Bonchev–Trinajstić information content (AvgIpc) is 2.03. The number of halogens is 1. The molecule has 0 aliphatic rings. The summed E-state index contributed by atoms with van der Waals surface area (Å²) < 4.78 is 13.3. The van der Waals surface area contributed by atoms with Crippen molar-refractivity contribution in [3.8, 4) is 0 Å². The maximum Gasteiger partial charge on any atom is 0.192 e. The zero-order valence-corrected chi connectivity index (χ0v) is 7.63. The molecule has 1 aromatic carbocycles. The van der Waals surface area contributed by atoms with Crippen molar-refractivity contribution in [2.45, 2.75) is 6.92 Å². The highest BCUT2D eigenvalue weighted by molar-refractivity contribution is 5.92. The van der Waals surface area contributed by atoms with E-state index in [1.807, 2.05) is 0 Å². The number of aryl methyl sites for hydroxylation is 1. The first-order chi connectivity index (χ1) is 6.04. The van der Waals surface area contributed by atoms with Gasteiger partial charge in [-0.25, -0.2) is 4.39 Å². The minimum Gasteiger partial charge on any atom is -0.370 e. The Morgan fingerprint density at radius 3 is 2.62 bits per heavy atom. The highest BCUT2D eigenvalue weighted by Crippen LogP contribution is 2.21. The van der Waals surface area contributed by atoms with E-state index >= 15 is 0 Å². The van der Waals surface area contributed by atoms with Crippen LogP contribution in [-0.4, -0.2) is 13.0 Å². The molecule has 3 nitrogen and oxygen atoms in total. The van der Waals surface area contributed by atoms with Gasteiger partial charge in [-0.1, -0.05) is 12.1 Å². The van der Waals surface area contributed by atoms with Crippen LogP contribution in [0.25, 0.3) is 0 Å². The van der Waals surface area contributed by atoms with Crippen molar-refractivity contribution in [1.29, 1.82) is 5.41 Å². The van der Waals surface area contributed by atoms with Crippen LogP contribution in [0, 0.1) is 18.2 Å². The van der Waals surface area contributed by atoms with Crippen molar-refractivity contribution < 1.29 is 4.39 Å². The van der Waals surface area contributed by atoms with Gasteiger partial charge in [0.2, 0.25) is 0 Å². The Hall–Kier alpha value is -1.58. The predicted octanol–water partition coefficient (Wildman–Crippen LogP) is 1.46. The average molecular weight is 181 g/mol. The van der Waals surface area contributed by atoms with Crippen molar-refractivity contribution in [3.63, 3.8) is 0 Å². The molecule has 0 heterocycles. The molecule has 0 bridgehead atoms. The van der Waals surface area contributed by atoms with Gasteiger partial charge in [-0.2, -0.15) is 0 Å². The Morgan fingerprint density at radius 1 is 1.54 bits per heavy atom. The smallest absolute Gasteiger partial charge is 0.192 e. The van der Waals surface area contributed by atoms with E-state index in [0.29, 0.717) is 5.69 Å². The van der Waals surface area contributed by atoms with Gasteiger partial charge in [-0.3, -0.25) is 5.41 Å². The minimum atomic E-state index is -0.363. The second-order valence-electron chi connectivity index (χ2n) is 2.85. The number of guanidine groups is 1. The van der Waals surface area contributed by atoms with E-state index in [0.717, 1.165) is 5.56 Å². The van der Waals surface area contributed by atoms with E-state index in [9.17, 15) is 4.39 Å². The molecule has 0 fully saturated rings. The second-order valence-corrected chi connectivity index (χ2v) is 2.85. The summed E-state index contributed by atoms with van der Waals surface area (Å²) in [5, 5.41) is 7.17. The molecule has 0 aliphatic carbocycles. The van der Waals surface area contributed by atoms with E-state index in [1.54, 1.807) is 26.1 Å². The molecule has 0 aromatic heterocycles. The third-order valence-corrected chi connectivity index (χ3v) is 1.89. The number of benzene rings is 1. The molecule has 0 unspecified atom stereocenters. The van der Waals surface area contributed by atoms with Crippen LogP contribution in [0.3, 0.4) is 0 Å². The first kappa shape index (κ1) is 9.51. The molecule has 3 N–H and O–H groups in total. The molecule has 0 saturated heterocycles. The Labute approximate surface area is 76.5 Å². The maximum absolute atomic E-state index is 13.3. The van der Waals surface area contributed by atoms with Crippen LogP contribution < -0.4 is 10.6 Å². The fourth-order valence-corrected chi connectivity index (χ4v) is 1.17. The van der Waals surface area contributed by atoms with E-state index in [1.165, 1.54) is 11.0 Å². The molecule has 1 aromatic rings. The number of anilines is 1. The maximum atomic E-state index is 13.3.